The van der Waals surface area contributed by atoms with Crippen molar-refractivity contribution in [3.8, 4) is 5.75 Å². The number of benzene rings is 1. The number of carbonyl (C=O) groups excluding carboxylic acids is 2. The van der Waals surface area contributed by atoms with E-state index in [4.69, 9.17) is 4.74 Å². The molecule has 0 spiro atoms. The number of urea groups is 1. The number of rotatable bonds is 7. The van der Waals surface area contributed by atoms with E-state index in [9.17, 15) is 9.59 Å². The number of amides is 3. The Hall–Kier alpha value is -2.54. The molecule has 3 amide bonds. The summed E-state index contributed by atoms with van der Waals surface area (Å²) < 4.78 is 5.55. The molecule has 7 heteroatoms. The first-order chi connectivity index (χ1) is 11.5. The van der Waals surface area contributed by atoms with E-state index in [0.29, 0.717) is 31.1 Å². The van der Waals surface area contributed by atoms with Crippen molar-refractivity contribution in [2.24, 2.45) is 0 Å². The van der Waals surface area contributed by atoms with Crippen LogP contribution in [0.15, 0.2) is 36.4 Å². The standard InChI is InChI=1S/C17H21N3O3S/c1-12-6-7-16(24-12)11-19-17(22)18-8-9-23-15-5-3-4-14(10-15)20-13(2)21/h3-7,10H,8-9,11H2,1-2H3,(H,20,21)(H2,18,19,22). The summed E-state index contributed by atoms with van der Waals surface area (Å²) in [7, 11) is 0. The maximum atomic E-state index is 11.7. The van der Waals surface area contributed by atoms with Crippen LogP contribution >= 0.6 is 11.3 Å². The van der Waals surface area contributed by atoms with Crippen LogP contribution in [0.5, 0.6) is 5.75 Å². The Morgan fingerprint density at radius 2 is 2.00 bits per heavy atom. The highest BCUT2D eigenvalue weighted by Gasteiger charge is 2.02. The predicted octanol–water partition coefficient (Wildman–Crippen LogP) is 2.89. The number of ether oxygens (including phenoxy) is 1. The van der Waals surface area contributed by atoms with Gasteiger partial charge in [0.15, 0.2) is 0 Å². The van der Waals surface area contributed by atoms with Gasteiger partial charge in [-0.25, -0.2) is 4.79 Å². The molecule has 0 aliphatic heterocycles. The third-order valence-electron chi connectivity index (χ3n) is 3.03. The Labute approximate surface area is 145 Å². The highest BCUT2D eigenvalue weighted by molar-refractivity contribution is 7.11. The van der Waals surface area contributed by atoms with Gasteiger partial charge in [0.25, 0.3) is 0 Å². The Balaban J connectivity index is 1.65. The lowest BCUT2D eigenvalue weighted by Gasteiger charge is -2.10. The van der Waals surface area contributed by atoms with Gasteiger partial charge in [-0.15, -0.1) is 11.3 Å². The first-order valence-electron chi connectivity index (χ1n) is 7.60. The van der Waals surface area contributed by atoms with Crippen molar-refractivity contribution in [1.29, 1.82) is 0 Å². The minimum absolute atomic E-state index is 0.133. The highest BCUT2D eigenvalue weighted by Crippen LogP contribution is 2.17. The summed E-state index contributed by atoms with van der Waals surface area (Å²) in [6.07, 6.45) is 0. The smallest absolute Gasteiger partial charge is 0.315 e. The van der Waals surface area contributed by atoms with Crippen LogP contribution in [0.4, 0.5) is 10.5 Å². The minimum atomic E-state index is -0.225. The fourth-order valence-electron chi connectivity index (χ4n) is 2.01. The molecule has 0 atom stereocenters. The van der Waals surface area contributed by atoms with E-state index < -0.39 is 0 Å². The van der Waals surface area contributed by atoms with Crippen molar-refractivity contribution >= 4 is 29.0 Å². The number of aryl methyl sites for hydroxylation is 1. The molecule has 24 heavy (non-hydrogen) atoms. The first kappa shape index (κ1) is 17.8. The number of anilines is 1. The van der Waals surface area contributed by atoms with Gasteiger partial charge in [0, 0.05) is 28.4 Å². The molecule has 0 radical (unpaired) electrons. The van der Waals surface area contributed by atoms with Crippen LogP contribution in [-0.2, 0) is 11.3 Å². The van der Waals surface area contributed by atoms with Crippen molar-refractivity contribution in [3.05, 3.63) is 46.2 Å². The first-order valence-corrected chi connectivity index (χ1v) is 8.42. The number of hydrogen-bond acceptors (Lipinski definition) is 4. The van der Waals surface area contributed by atoms with Crippen molar-refractivity contribution in [2.75, 3.05) is 18.5 Å². The molecule has 0 unspecified atom stereocenters. The van der Waals surface area contributed by atoms with E-state index >= 15 is 0 Å². The molecule has 2 aromatic rings. The van der Waals surface area contributed by atoms with Crippen LogP contribution in [0.1, 0.15) is 16.7 Å². The summed E-state index contributed by atoms with van der Waals surface area (Å²) in [4.78, 5) is 25.1. The second kappa shape index (κ2) is 8.93. The maximum Gasteiger partial charge on any atom is 0.315 e. The molecule has 2 rings (SSSR count). The monoisotopic (exact) mass is 347 g/mol. The van der Waals surface area contributed by atoms with Gasteiger partial charge in [-0.1, -0.05) is 6.07 Å². The fraction of sp³-hybridized carbons (Fsp3) is 0.294. The molecular formula is C17H21N3O3S. The molecule has 3 N–H and O–H groups in total. The summed E-state index contributed by atoms with van der Waals surface area (Å²) >= 11 is 1.66. The molecule has 0 saturated carbocycles. The normalized spacial score (nSPS) is 10.1. The third-order valence-corrected chi connectivity index (χ3v) is 4.03. The number of hydrogen-bond donors (Lipinski definition) is 3. The number of carbonyl (C=O) groups is 2. The van der Waals surface area contributed by atoms with Crippen LogP contribution in [0.3, 0.4) is 0 Å². The largest absolute Gasteiger partial charge is 0.492 e. The Bertz CT molecular complexity index is 700. The summed E-state index contributed by atoms with van der Waals surface area (Å²) in [6.45, 7) is 4.73. The zero-order valence-electron chi connectivity index (χ0n) is 13.7. The van der Waals surface area contributed by atoms with E-state index in [1.807, 2.05) is 19.1 Å². The van der Waals surface area contributed by atoms with Crippen molar-refractivity contribution in [3.63, 3.8) is 0 Å². The summed E-state index contributed by atoms with van der Waals surface area (Å²) in [6, 6.07) is 10.9. The second-order valence-electron chi connectivity index (χ2n) is 5.18. The van der Waals surface area contributed by atoms with Gasteiger partial charge in [-0.2, -0.15) is 0 Å². The van der Waals surface area contributed by atoms with Gasteiger partial charge < -0.3 is 20.7 Å². The lowest BCUT2D eigenvalue weighted by Crippen LogP contribution is -2.37. The second-order valence-corrected chi connectivity index (χ2v) is 6.55. The highest BCUT2D eigenvalue weighted by atomic mass is 32.1. The van der Waals surface area contributed by atoms with Gasteiger partial charge in [-0.05, 0) is 31.2 Å². The quantitative estimate of drug-likeness (QED) is 0.674. The van der Waals surface area contributed by atoms with E-state index in [2.05, 4.69) is 16.0 Å². The third kappa shape index (κ3) is 6.29. The summed E-state index contributed by atoms with van der Waals surface area (Å²) in [5, 5.41) is 8.23. The van der Waals surface area contributed by atoms with Gasteiger partial charge in [-0.3, -0.25) is 4.79 Å². The minimum Gasteiger partial charge on any atom is -0.492 e. The molecule has 0 aliphatic carbocycles. The molecule has 1 aromatic carbocycles. The lowest BCUT2D eigenvalue weighted by molar-refractivity contribution is -0.114. The lowest BCUT2D eigenvalue weighted by atomic mass is 10.3. The van der Waals surface area contributed by atoms with Gasteiger partial charge in [0.05, 0.1) is 13.1 Å². The Morgan fingerprint density at radius 1 is 1.17 bits per heavy atom. The van der Waals surface area contributed by atoms with Crippen molar-refractivity contribution in [2.45, 2.75) is 20.4 Å². The number of thiophene rings is 1. The maximum absolute atomic E-state index is 11.7. The van der Waals surface area contributed by atoms with Crippen molar-refractivity contribution < 1.29 is 14.3 Å². The van der Waals surface area contributed by atoms with Crippen LogP contribution in [0.25, 0.3) is 0 Å². The van der Waals surface area contributed by atoms with Crippen LogP contribution < -0.4 is 20.7 Å². The van der Waals surface area contributed by atoms with Crippen LogP contribution in [0.2, 0.25) is 0 Å². The zero-order valence-corrected chi connectivity index (χ0v) is 14.5. The van der Waals surface area contributed by atoms with Crippen LogP contribution in [-0.4, -0.2) is 25.1 Å². The van der Waals surface area contributed by atoms with Crippen LogP contribution in [0, 0.1) is 6.92 Å². The molecule has 0 aliphatic rings. The SMILES string of the molecule is CC(=O)Nc1cccc(OCCNC(=O)NCc2ccc(C)s2)c1. The summed E-state index contributed by atoms with van der Waals surface area (Å²) in [5.74, 6) is 0.504. The van der Waals surface area contributed by atoms with E-state index in [1.165, 1.54) is 11.8 Å². The molecule has 0 saturated heterocycles. The molecule has 0 fully saturated rings. The molecule has 128 valence electrons. The van der Waals surface area contributed by atoms with E-state index in [-0.39, 0.29) is 11.9 Å². The van der Waals surface area contributed by atoms with Gasteiger partial charge in [0.1, 0.15) is 12.4 Å². The fourth-order valence-corrected chi connectivity index (χ4v) is 2.84. The zero-order chi connectivity index (χ0) is 17.4. The summed E-state index contributed by atoms with van der Waals surface area (Å²) in [5.41, 5.74) is 0.678. The molecular weight excluding hydrogens is 326 g/mol. The Kier molecular flexibility index (Phi) is 6.62. The molecule has 1 aromatic heterocycles. The average molecular weight is 347 g/mol. The molecule has 0 bridgehead atoms. The van der Waals surface area contributed by atoms with E-state index in [0.717, 1.165) is 4.88 Å². The van der Waals surface area contributed by atoms with Crippen molar-refractivity contribution in [1.82, 2.24) is 10.6 Å². The molecule has 1 heterocycles. The predicted molar refractivity (Wildman–Crippen MR) is 95.5 cm³/mol. The van der Waals surface area contributed by atoms with Gasteiger partial charge in [0.2, 0.25) is 5.91 Å². The van der Waals surface area contributed by atoms with Gasteiger partial charge >= 0.3 is 6.03 Å². The Morgan fingerprint density at radius 3 is 2.71 bits per heavy atom. The van der Waals surface area contributed by atoms with E-state index in [1.54, 1.807) is 35.6 Å². The topological polar surface area (TPSA) is 79.5 Å². The molecule has 6 nitrogen and oxygen atoms in total. The average Bonchev–Trinajstić information content (AvgIpc) is 2.95. The number of nitrogens with one attached hydrogen (secondary N) is 3.